The van der Waals surface area contributed by atoms with Gasteiger partial charge in [-0.2, -0.15) is 0 Å². The van der Waals surface area contributed by atoms with E-state index >= 15 is 0 Å². The molecule has 7 nitrogen and oxygen atoms in total. The van der Waals surface area contributed by atoms with Gasteiger partial charge in [0.1, 0.15) is 18.1 Å². The summed E-state index contributed by atoms with van der Waals surface area (Å²) in [7, 11) is 0. The van der Waals surface area contributed by atoms with Crippen molar-refractivity contribution in [2.24, 2.45) is 0 Å². The number of aliphatic hydroxyl groups is 1. The number of aliphatic hydroxyl groups excluding tert-OH is 1. The number of hydrogen-bond acceptors (Lipinski definition) is 6. The molecule has 1 N–H and O–H groups in total. The third-order valence-electron chi connectivity index (χ3n) is 7.41. The Balaban J connectivity index is 1.70. The molecule has 2 saturated heterocycles. The van der Waals surface area contributed by atoms with Gasteiger partial charge in [-0.05, 0) is 53.6 Å². The standard InChI is InChI=1S/C32H40N2O5/c1-6-18-39-26-13-10-24(21-22(26)2)29(35)27-28(23-8-11-25(12-9-23)32(3,4)5)34(31(37)30(27)36)15-7-14-33-16-19-38-20-17-33/h6,8-13,21,28,35H,1,7,14-20H2,2-5H3/b29-27+. The second-order valence-corrected chi connectivity index (χ2v) is 11.3. The van der Waals surface area contributed by atoms with Crippen molar-refractivity contribution < 1.29 is 24.2 Å². The largest absolute Gasteiger partial charge is 0.507 e. The number of ether oxygens (including phenoxy) is 2. The molecule has 2 heterocycles. The normalized spacial score (nSPS) is 19.9. The van der Waals surface area contributed by atoms with Gasteiger partial charge in [-0.3, -0.25) is 14.5 Å². The van der Waals surface area contributed by atoms with E-state index in [1.54, 1.807) is 29.2 Å². The van der Waals surface area contributed by atoms with Crippen LogP contribution in [-0.2, 0) is 19.7 Å². The molecule has 2 aromatic carbocycles. The third-order valence-corrected chi connectivity index (χ3v) is 7.41. The number of rotatable bonds is 9. The quantitative estimate of drug-likeness (QED) is 0.212. The first-order valence-electron chi connectivity index (χ1n) is 13.7. The van der Waals surface area contributed by atoms with Crippen LogP contribution in [0.5, 0.6) is 5.75 Å². The maximum atomic E-state index is 13.4. The molecule has 2 aromatic rings. The Morgan fingerprint density at radius 2 is 1.79 bits per heavy atom. The van der Waals surface area contributed by atoms with Gasteiger partial charge in [-0.25, -0.2) is 0 Å². The number of nitrogens with zero attached hydrogens (tertiary/aromatic N) is 2. The van der Waals surface area contributed by atoms with Crippen LogP contribution >= 0.6 is 0 Å². The Morgan fingerprint density at radius 3 is 2.41 bits per heavy atom. The van der Waals surface area contributed by atoms with Crippen molar-refractivity contribution in [2.75, 3.05) is 46.0 Å². The van der Waals surface area contributed by atoms with E-state index in [4.69, 9.17) is 9.47 Å². The number of likely N-dealkylation sites (tertiary alicyclic amines) is 1. The smallest absolute Gasteiger partial charge is 0.295 e. The third kappa shape index (κ3) is 6.43. The summed E-state index contributed by atoms with van der Waals surface area (Å²) in [6.45, 7) is 16.7. The molecule has 1 unspecified atom stereocenters. The molecule has 0 aliphatic carbocycles. The zero-order chi connectivity index (χ0) is 28.2. The Labute approximate surface area is 231 Å². The summed E-state index contributed by atoms with van der Waals surface area (Å²) in [5.74, 6) is -0.740. The molecule has 208 valence electrons. The lowest BCUT2D eigenvalue weighted by Crippen LogP contribution is -2.39. The number of aryl methyl sites for hydroxylation is 1. The van der Waals surface area contributed by atoms with E-state index in [1.807, 2.05) is 31.2 Å². The van der Waals surface area contributed by atoms with Crippen molar-refractivity contribution in [3.8, 4) is 5.75 Å². The lowest BCUT2D eigenvalue weighted by molar-refractivity contribution is -0.140. The van der Waals surface area contributed by atoms with Crippen LogP contribution < -0.4 is 4.74 Å². The van der Waals surface area contributed by atoms with Gasteiger partial charge in [0.25, 0.3) is 11.7 Å². The molecular weight excluding hydrogens is 492 g/mol. The fraction of sp³-hybridized carbons (Fsp3) is 0.438. The van der Waals surface area contributed by atoms with Crippen LogP contribution in [0.1, 0.15) is 55.5 Å². The number of benzene rings is 2. The minimum atomic E-state index is -0.666. The van der Waals surface area contributed by atoms with Crippen LogP contribution in [0, 0.1) is 6.92 Å². The summed E-state index contributed by atoms with van der Waals surface area (Å²) in [5, 5.41) is 11.5. The van der Waals surface area contributed by atoms with Gasteiger partial charge >= 0.3 is 0 Å². The molecule has 0 aromatic heterocycles. The lowest BCUT2D eigenvalue weighted by atomic mass is 9.85. The summed E-state index contributed by atoms with van der Waals surface area (Å²) in [4.78, 5) is 30.7. The average Bonchev–Trinajstić information content (AvgIpc) is 3.17. The van der Waals surface area contributed by atoms with Gasteiger partial charge < -0.3 is 19.5 Å². The van der Waals surface area contributed by atoms with E-state index in [0.29, 0.717) is 37.7 Å². The predicted octanol–water partition coefficient (Wildman–Crippen LogP) is 5.00. The summed E-state index contributed by atoms with van der Waals surface area (Å²) >= 11 is 0. The molecule has 4 rings (SSSR count). The summed E-state index contributed by atoms with van der Waals surface area (Å²) in [6, 6.07) is 12.6. The Bertz CT molecular complexity index is 1240. The summed E-state index contributed by atoms with van der Waals surface area (Å²) in [6.07, 6.45) is 2.39. The van der Waals surface area contributed by atoms with Gasteiger partial charge in [0.05, 0.1) is 24.8 Å². The van der Waals surface area contributed by atoms with E-state index in [0.717, 1.165) is 42.7 Å². The van der Waals surface area contributed by atoms with Gasteiger partial charge in [0, 0.05) is 31.7 Å². The molecule has 7 heteroatoms. The number of carbonyl (C=O) groups is 2. The molecule has 0 spiro atoms. The Hall–Kier alpha value is -3.42. The molecule has 2 aliphatic heterocycles. The van der Waals surface area contributed by atoms with Crippen LogP contribution in [0.2, 0.25) is 0 Å². The number of Topliss-reactive ketones (excluding diaryl/α,β-unsaturated/α-hetero) is 1. The highest BCUT2D eigenvalue weighted by molar-refractivity contribution is 6.46. The van der Waals surface area contributed by atoms with E-state index in [-0.39, 0.29) is 16.7 Å². The molecule has 1 amide bonds. The van der Waals surface area contributed by atoms with Crippen molar-refractivity contribution >= 4 is 17.4 Å². The van der Waals surface area contributed by atoms with Crippen molar-refractivity contribution in [2.45, 2.75) is 45.6 Å². The van der Waals surface area contributed by atoms with Crippen molar-refractivity contribution in [3.05, 3.63) is 82.9 Å². The minimum Gasteiger partial charge on any atom is -0.507 e. The molecule has 2 fully saturated rings. The number of morpholine rings is 1. The fourth-order valence-corrected chi connectivity index (χ4v) is 5.17. The van der Waals surface area contributed by atoms with Crippen LogP contribution in [0.4, 0.5) is 0 Å². The number of hydrogen-bond donors (Lipinski definition) is 1. The number of amides is 1. The maximum absolute atomic E-state index is 13.4. The molecule has 2 aliphatic rings. The van der Waals surface area contributed by atoms with Crippen molar-refractivity contribution in [3.63, 3.8) is 0 Å². The zero-order valence-electron chi connectivity index (χ0n) is 23.5. The fourth-order valence-electron chi connectivity index (χ4n) is 5.17. The highest BCUT2D eigenvalue weighted by Gasteiger charge is 2.46. The van der Waals surface area contributed by atoms with Gasteiger partial charge in [-0.1, -0.05) is 57.7 Å². The number of ketones is 1. The lowest BCUT2D eigenvalue weighted by Gasteiger charge is -2.29. The van der Waals surface area contributed by atoms with Crippen LogP contribution in [-0.4, -0.2) is 72.6 Å². The second-order valence-electron chi connectivity index (χ2n) is 11.3. The van der Waals surface area contributed by atoms with Crippen LogP contribution in [0.3, 0.4) is 0 Å². The SMILES string of the molecule is C=CCOc1ccc(/C(O)=C2\C(=O)C(=O)N(CCCN3CCOCC3)C2c2ccc(C(C)(C)C)cc2)cc1C. The van der Waals surface area contributed by atoms with Crippen molar-refractivity contribution in [1.29, 1.82) is 0 Å². The first-order chi connectivity index (χ1) is 18.6. The Morgan fingerprint density at radius 1 is 1.10 bits per heavy atom. The van der Waals surface area contributed by atoms with E-state index in [2.05, 4.69) is 32.3 Å². The van der Waals surface area contributed by atoms with E-state index in [1.165, 1.54) is 0 Å². The van der Waals surface area contributed by atoms with Crippen LogP contribution in [0.15, 0.2) is 60.7 Å². The molecule has 39 heavy (non-hydrogen) atoms. The highest BCUT2D eigenvalue weighted by atomic mass is 16.5. The molecule has 0 bridgehead atoms. The number of carbonyl (C=O) groups excluding carboxylic acids is 2. The van der Waals surface area contributed by atoms with Crippen molar-refractivity contribution in [1.82, 2.24) is 9.80 Å². The van der Waals surface area contributed by atoms with E-state index < -0.39 is 17.7 Å². The zero-order valence-corrected chi connectivity index (χ0v) is 23.5. The summed E-state index contributed by atoms with van der Waals surface area (Å²) < 4.78 is 11.1. The first kappa shape index (κ1) is 28.6. The second kappa shape index (κ2) is 12.2. The van der Waals surface area contributed by atoms with Gasteiger partial charge in [0.15, 0.2) is 0 Å². The average molecular weight is 533 g/mol. The highest BCUT2D eigenvalue weighted by Crippen LogP contribution is 2.40. The molecule has 0 saturated carbocycles. The minimum absolute atomic E-state index is 0.0363. The van der Waals surface area contributed by atoms with Gasteiger partial charge in [0.2, 0.25) is 0 Å². The van der Waals surface area contributed by atoms with Crippen LogP contribution in [0.25, 0.3) is 5.76 Å². The maximum Gasteiger partial charge on any atom is 0.295 e. The monoisotopic (exact) mass is 532 g/mol. The topological polar surface area (TPSA) is 79.3 Å². The summed E-state index contributed by atoms with van der Waals surface area (Å²) in [5.41, 5.74) is 3.33. The van der Waals surface area contributed by atoms with Gasteiger partial charge in [-0.15, -0.1) is 0 Å². The Kier molecular flexibility index (Phi) is 8.93. The first-order valence-corrected chi connectivity index (χ1v) is 13.7. The molecule has 0 radical (unpaired) electrons. The molecular formula is C32H40N2O5. The van der Waals surface area contributed by atoms with E-state index in [9.17, 15) is 14.7 Å². The predicted molar refractivity (Wildman–Crippen MR) is 153 cm³/mol. The molecule has 1 atom stereocenters.